The lowest BCUT2D eigenvalue weighted by atomic mass is 10.2. The summed E-state index contributed by atoms with van der Waals surface area (Å²) in [5.74, 6) is 0.568. The van der Waals surface area contributed by atoms with Crippen molar-refractivity contribution in [1.82, 2.24) is 0 Å². The number of nitrogens with one attached hydrogen (secondary N) is 1. The summed E-state index contributed by atoms with van der Waals surface area (Å²) >= 11 is 5.80. The number of primary sulfonamides is 1. The molecule has 0 aliphatic heterocycles. The topological polar surface area (TPSA) is 116 Å². The number of sulfonamides is 2. The van der Waals surface area contributed by atoms with E-state index in [2.05, 4.69) is 4.72 Å². The molecule has 25 heavy (non-hydrogen) atoms. The number of anilines is 1. The average molecular weight is 403 g/mol. The molecule has 0 heterocycles. The summed E-state index contributed by atoms with van der Waals surface area (Å²) in [7, 11) is -6.63. The molecule has 2 aromatic rings. The number of methoxy groups -OCH3 is 1. The van der Waals surface area contributed by atoms with Crippen LogP contribution in [0.1, 0.15) is 5.56 Å². The van der Waals surface area contributed by atoms with Gasteiger partial charge in [0.25, 0.3) is 10.0 Å². The highest BCUT2D eigenvalue weighted by Gasteiger charge is 2.17. The van der Waals surface area contributed by atoms with Gasteiger partial charge < -0.3 is 4.74 Å². The molecule has 2 aromatic carbocycles. The van der Waals surface area contributed by atoms with E-state index in [1.165, 1.54) is 19.3 Å². The van der Waals surface area contributed by atoms with Crippen molar-refractivity contribution in [2.75, 3.05) is 11.8 Å². The van der Waals surface area contributed by atoms with E-state index < -0.39 is 20.0 Å². The van der Waals surface area contributed by atoms with Gasteiger partial charge in [-0.2, -0.15) is 0 Å². The van der Waals surface area contributed by atoms with Gasteiger partial charge in [0.1, 0.15) is 10.6 Å². The summed E-state index contributed by atoms with van der Waals surface area (Å²) in [6.07, 6.45) is 1.34. The molecule has 0 atom stereocenters. The molecule has 0 spiro atoms. The molecule has 0 aliphatic carbocycles. The first-order valence-corrected chi connectivity index (χ1v) is 10.2. The van der Waals surface area contributed by atoms with E-state index in [4.69, 9.17) is 21.5 Å². The highest BCUT2D eigenvalue weighted by molar-refractivity contribution is 7.95. The third-order valence-corrected chi connectivity index (χ3v) is 5.24. The van der Waals surface area contributed by atoms with Gasteiger partial charge in [-0.1, -0.05) is 23.7 Å². The Balaban J connectivity index is 2.33. The van der Waals surface area contributed by atoms with Crippen LogP contribution in [-0.4, -0.2) is 23.9 Å². The molecule has 10 heteroatoms. The molecule has 3 N–H and O–H groups in total. The van der Waals surface area contributed by atoms with Gasteiger partial charge in [-0.05, 0) is 42.0 Å². The molecule has 134 valence electrons. The summed E-state index contributed by atoms with van der Waals surface area (Å²) in [6, 6.07) is 10.3. The van der Waals surface area contributed by atoms with Gasteiger partial charge in [0.15, 0.2) is 0 Å². The molecule has 0 fully saturated rings. The predicted molar refractivity (Wildman–Crippen MR) is 97.4 cm³/mol. The first kappa shape index (κ1) is 19.3. The maximum absolute atomic E-state index is 12.2. The SMILES string of the molecule is COc1cccc(/C=C/S(=O)(=O)Nc2cc(Cl)ccc2S(N)(=O)=O)c1. The van der Waals surface area contributed by atoms with Crippen molar-refractivity contribution in [2.24, 2.45) is 5.14 Å². The van der Waals surface area contributed by atoms with Gasteiger partial charge in [-0.25, -0.2) is 22.0 Å². The molecule has 0 bridgehead atoms. The van der Waals surface area contributed by atoms with Crippen LogP contribution in [0.2, 0.25) is 5.02 Å². The van der Waals surface area contributed by atoms with Gasteiger partial charge in [0.2, 0.25) is 10.0 Å². The largest absolute Gasteiger partial charge is 0.497 e. The zero-order valence-electron chi connectivity index (χ0n) is 13.0. The quantitative estimate of drug-likeness (QED) is 0.769. The van der Waals surface area contributed by atoms with Crippen LogP contribution in [0.4, 0.5) is 5.69 Å². The van der Waals surface area contributed by atoms with Crippen LogP contribution in [-0.2, 0) is 20.0 Å². The molecule has 0 aliphatic rings. The van der Waals surface area contributed by atoms with E-state index in [1.807, 2.05) is 0 Å². The zero-order valence-corrected chi connectivity index (χ0v) is 15.4. The van der Waals surface area contributed by atoms with Crippen LogP contribution >= 0.6 is 11.6 Å². The van der Waals surface area contributed by atoms with E-state index in [1.54, 1.807) is 24.3 Å². The first-order chi connectivity index (χ1) is 11.6. The number of ether oxygens (including phenoxy) is 1. The standard InChI is InChI=1S/C15H15ClN2O5S2/c1-23-13-4-2-3-11(9-13)7-8-24(19,20)18-14-10-12(16)5-6-15(14)25(17,21)22/h2-10,18H,1H3,(H2,17,21,22)/b8-7+. The number of rotatable bonds is 6. The third-order valence-electron chi connectivity index (χ3n) is 3.03. The fraction of sp³-hybridized carbons (Fsp3) is 0.0667. The highest BCUT2D eigenvalue weighted by Crippen LogP contribution is 2.25. The maximum atomic E-state index is 12.2. The van der Waals surface area contributed by atoms with Crippen molar-refractivity contribution in [3.8, 4) is 5.75 Å². The minimum absolute atomic E-state index is 0.155. The molecule has 0 amide bonds. The Morgan fingerprint density at radius 1 is 1.12 bits per heavy atom. The molecular formula is C15H15ClN2O5S2. The van der Waals surface area contributed by atoms with E-state index in [9.17, 15) is 16.8 Å². The Hall–Kier alpha value is -2.07. The maximum Gasteiger partial charge on any atom is 0.255 e. The number of benzene rings is 2. The minimum Gasteiger partial charge on any atom is -0.497 e. The zero-order chi connectivity index (χ0) is 18.7. The van der Waals surface area contributed by atoms with Gasteiger partial charge >= 0.3 is 0 Å². The first-order valence-electron chi connectivity index (χ1n) is 6.78. The predicted octanol–water partition coefficient (Wildman–Crippen LogP) is 2.41. The molecular weight excluding hydrogens is 388 g/mol. The van der Waals surface area contributed by atoms with Crippen LogP contribution in [0.15, 0.2) is 52.8 Å². The molecule has 0 saturated carbocycles. The van der Waals surface area contributed by atoms with Gasteiger partial charge in [0.05, 0.1) is 18.2 Å². The van der Waals surface area contributed by atoms with Crippen molar-refractivity contribution in [1.29, 1.82) is 0 Å². The summed E-state index contributed by atoms with van der Waals surface area (Å²) in [4.78, 5) is -0.379. The number of hydrogen-bond acceptors (Lipinski definition) is 5. The normalized spacial score (nSPS) is 12.3. The minimum atomic E-state index is -4.12. The Labute approximate surface area is 151 Å². The fourth-order valence-corrected chi connectivity index (χ4v) is 3.72. The van der Waals surface area contributed by atoms with Crippen LogP contribution < -0.4 is 14.6 Å². The molecule has 0 radical (unpaired) electrons. The molecule has 2 rings (SSSR count). The highest BCUT2D eigenvalue weighted by atomic mass is 35.5. The number of halogens is 1. The van der Waals surface area contributed by atoms with Crippen molar-refractivity contribution in [3.05, 3.63) is 58.5 Å². The summed E-state index contributed by atoms with van der Waals surface area (Å²) in [5, 5.41) is 6.14. The fourth-order valence-electron chi connectivity index (χ4n) is 1.93. The van der Waals surface area contributed by atoms with Gasteiger partial charge in [0, 0.05) is 5.02 Å². The lowest BCUT2D eigenvalue weighted by Gasteiger charge is -2.10. The van der Waals surface area contributed by atoms with Crippen molar-refractivity contribution >= 4 is 43.4 Å². The average Bonchev–Trinajstić information content (AvgIpc) is 2.52. The molecule has 0 aromatic heterocycles. The lowest BCUT2D eigenvalue weighted by molar-refractivity contribution is 0.414. The second kappa shape index (κ2) is 7.44. The summed E-state index contributed by atoms with van der Waals surface area (Å²) < 4.78 is 54.8. The Morgan fingerprint density at radius 2 is 1.84 bits per heavy atom. The summed E-state index contributed by atoms with van der Waals surface area (Å²) in [5.41, 5.74) is 0.354. The van der Waals surface area contributed by atoms with Crippen LogP contribution in [0, 0.1) is 0 Å². The van der Waals surface area contributed by atoms with Crippen molar-refractivity contribution in [3.63, 3.8) is 0 Å². The van der Waals surface area contributed by atoms with Crippen LogP contribution in [0.5, 0.6) is 5.75 Å². The Bertz CT molecular complexity index is 1020. The monoisotopic (exact) mass is 402 g/mol. The van der Waals surface area contributed by atoms with Crippen molar-refractivity contribution in [2.45, 2.75) is 4.90 Å². The van der Waals surface area contributed by atoms with E-state index in [-0.39, 0.29) is 15.6 Å². The van der Waals surface area contributed by atoms with Crippen LogP contribution in [0.25, 0.3) is 6.08 Å². The second-order valence-electron chi connectivity index (χ2n) is 4.91. The third kappa shape index (κ3) is 5.46. The summed E-state index contributed by atoms with van der Waals surface area (Å²) in [6.45, 7) is 0. The number of hydrogen-bond donors (Lipinski definition) is 2. The second-order valence-corrected chi connectivity index (χ2v) is 8.44. The van der Waals surface area contributed by atoms with E-state index in [0.717, 1.165) is 17.5 Å². The van der Waals surface area contributed by atoms with Crippen LogP contribution in [0.3, 0.4) is 0 Å². The smallest absolute Gasteiger partial charge is 0.255 e. The molecule has 7 nitrogen and oxygen atoms in total. The van der Waals surface area contributed by atoms with Gasteiger partial charge in [-0.3, -0.25) is 4.72 Å². The Morgan fingerprint density at radius 3 is 2.48 bits per heavy atom. The van der Waals surface area contributed by atoms with E-state index >= 15 is 0 Å². The molecule has 0 saturated heterocycles. The Kier molecular flexibility index (Phi) is 5.73. The molecule has 0 unspecified atom stereocenters. The lowest BCUT2D eigenvalue weighted by Crippen LogP contribution is -2.17. The number of nitrogens with two attached hydrogens (primary N) is 1. The van der Waals surface area contributed by atoms with Gasteiger partial charge in [-0.15, -0.1) is 0 Å². The van der Waals surface area contributed by atoms with Crippen molar-refractivity contribution < 1.29 is 21.6 Å². The van der Waals surface area contributed by atoms with E-state index in [0.29, 0.717) is 11.3 Å².